The van der Waals surface area contributed by atoms with Crippen molar-refractivity contribution in [3.05, 3.63) is 45.6 Å². The summed E-state index contributed by atoms with van der Waals surface area (Å²) in [7, 11) is 0. The molecule has 1 heterocycles. The molecule has 0 bridgehead atoms. The number of hydrogen-bond acceptors (Lipinski definition) is 4. The van der Waals surface area contributed by atoms with Crippen molar-refractivity contribution < 1.29 is 14.1 Å². The summed E-state index contributed by atoms with van der Waals surface area (Å²) in [6, 6.07) is 6.34. The van der Waals surface area contributed by atoms with Crippen LogP contribution in [-0.4, -0.2) is 34.5 Å². The standard InChI is InChI=1S/C16H15Cl2N3O3/c1-9-6-14(20-24-9)19-15(22)8-21(11-3-4-11)16(23)12-5-2-10(17)7-13(12)18/h2,5-7,11H,3-4,8H2,1H3,(H,19,20,22). The van der Waals surface area contributed by atoms with Crippen LogP contribution in [0, 0.1) is 6.92 Å². The van der Waals surface area contributed by atoms with E-state index in [1.165, 1.54) is 11.0 Å². The van der Waals surface area contributed by atoms with Gasteiger partial charge >= 0.3 is 0 Å². The largest absolute Gasteiger partial charge is 0.360 e. The summed E-state index contributed by atoms with van der Waals surface area (Å²) in [5.41, 5.74) is 0.332. The van der Waals surface area contributed by atoms with Gasteiger partial charge in [-0.05, 0) is 38.0 Å². The Bertz CT molecular complexity index is 787. The van der Waals surface area contributed by atoms with E-state index in [9.17, 15) is 9.59 Å². The predicted octanol–water partition coefficient (Wildman–Crippen LogP) is 3.53. The predicted molar refractivity (Wildman–Crippen MR) is 90.4 cm³/mol. The number of benzene rings is 1. The molecule has 1 aromatic carbocycles. The van der Waals surface area contributed by atoms with Gasteiger partial charge in [0.05, 0.1) is 10.6 Å². The van der Waals surface area contributed by atoms with E-state index in [4.69, 9.17) is 27.7 Å². The van der Waals surface area contributed by atoms with Gasteiger partial charge in [-0.1, -0.05) is 28.4 Å². The van der Waals surface area contributed by atoms with E-state index >= 15 is 0 Å². The molecule has 24 heavy (non-hydrogen) atoms. The van der Waals surface area contributed by atoms with Crippen LogP contribution in [0.3, 0.4) is 0 Å². The van der Waals surface area contributed by atoms with Crippen molar-refractivity contribution in [1.82, 2.24) is 10.1 Å². The first-order chi connectivity index (χ1) is 11.4. The summed E-state index contributed by atoms with van der Waals surface area (Å²) in [4.78, 5) is 26.5. The quantitative estimate of drug-likeness (QED) is 0.876. The minimum atomic E-state index is -0.339. The third-order valence-corrected chi connectivity index (χ3v) is 4.17. The van der Waals surface area contributed by atoms with Gasteiger partial charge in [-0.25, -0.2) is 0 Å². The van der Waals surface area contributed by atoms with Crippen LogP contribution in [-0.2, 0) is 4.79 Å². The van der Waals surface area contributed by atoms with Gasteiger partial charge in [-0.3, -0.25) is 9.59 Å². The van der Waals surface area contributed by atoms with Gasteiger partial charge < -0.3 is 14.7 Å². The lowest BCUT2D eigenvalue weighted by atomic mass is 10.2. The first-order valence-electron chi connectivity index (χ1n) is 7.43. The summed E-state index contributed by atoms with van der Waals surface area (Å²) in [6.07, 6.45) is 1.74. The number of rotatable bonds is 5. The number of aromatic nitrogens is 1. The monoisotopic (exact) mass is 367 g/mol. The molecule has 0 spiro atoms. The highest BCUT2D eigenvalue weighted by Crippen LogP contribution is 2.30. The van der Waals surface area contributed by atoms with Crippen LogP contribution in [0.15, 0.2) is 28.8 Å². The summed E-state index contributed by atoms with van der Waals surface area (Å²) >= 11 is 12.0. The molecule has 3 rings (SSSR count). The zero-order chi connectivity index (χ0) is 17.3. The second kappa shape index (κ2) is 6.83. The number of nitrogens with zero attached hydrogens (tertiary/aromatic N) is 2. The fraction of sp³-hybridized carbons (Fsp3) is 0.312. The first kappa shape index (κ1) is 16.8. The van der Waals surface area contributed by atoms with Crippen molar-refractivity contribution in [2.75, 3.05) is 11.9 Å². The van der Waals surface area contributed by atoms with Crippen molar-refractivity contribution in [2.24, 2.45) is 0 Å². The highest BCUT2D eigenvalue weighted by atomic mass is 35.5. The van der Waals surface area contributed by atoms with Gasteiger partial charge in [0.2, 0.25) is 5.91 Å². The van der Waals surface area contributed by atoms with Crippen LogP contribution in [0.2, 0.25) is 10.0 Å². The summed E-state index contributed by atoms with van der Waals surface area (Å²) < 4.78 is 4.90. The molecule has 2 aromatic rings. The Morgan fingerprint density at radius 1 is 1.33 bits per heavy atom. The molecule has 1 aliphatic rings. The van der Waals surface area contributed by atoms with E-state index in [-0.39, 0.29) is 29.4 Å². The van der Waals surface area contributed by atoms with Gasteiger partial charge in [0.1, 0.15) is 12.3 Å². The van der Waals surface area contributed by atoms with Crippen LogP contribution < -0.4 is 5.32 Å². The second-order valence-electron chi connectivity index (χ2n) is 5.66. The van der Waals surface area contributed by atoms with Crippen LogP contribution in [0.1, 0.15) is 29.0 Å². The van der Waals surface area contributed by atoms with Gasteiger partial charge in [0, 0.05) is 17.1 Å². The van der Waals surface area contributed by atoms with Crippen LogP contribution in [0.4, 0.5) is 5.82 Å². The molecule has 1 fully saturated rings. The topological polar surface area (TPSA) is 75.4 Å². The van der Waals surface area contributed by atoms with Crippen molar-refractivity contribution in [3.63, 3.8) is 0 Å². The van der Waals surface area contributed by atoms with E-state index < -0.39 is 0 Å². The highest BCUT2D eigenvalue weighted by Gasteiger charge is 2.35. The van der Waals surface area contributed by atoms with Gasteiger partial charge in [0.25, 0.3) is 5.91 Å². The summed E-state index contributed by atoms with van der Waals surface area (Å²) in [5, 5.41) is 7.04. The zero-order valence-corrected chi connectivity index (χ0v) is 14.4. The summed E-state index contributed by atoms with van der Waals surface area (Å²) in [5.74, 6) is 0.290. The molecular formula is C16H15Cl2N3O3. The average Bonchev–Trinajstić information content (AvgIpc) is 3.27. The maximum atomic E-state index is 12.7. The number of nitrogens with one attached hydrogen (secondary N) is 1. The molecule has 1 N–H and O–H groups in total. The van der Waals surface area contributed by atoms with E-state index in [0.717, 1.165) is 12.8 Å². The lowest BCUT2D eigenvalue weighted by molar-refractivity contribution is -0.117. The highest BCUT2D eigenvalue weighted by molar-refractivity contribution is 6.36. The minimum Gasteiger partial charge on any atom is -0.360 e. The fourth-order valence-corrected chi connectivity index (χ4v) is 2.82. The van der Waals surface area contributed by atoms with E-state index in [0.29, 0.717) is 22.2 Å². The minimum absolute atomic E-state index is 0.0500. The van der Waals surface area contributed by atoms with Gasteiger partial charge in [-0.15, -0.1) is 0 Å². The average molecular weight is 368 g/mol. The number of anilines is 1. The molecule has 1 aliphatic carbocycles. The van der Waals surface area contributed by atoms with Crippen LogP contribution in [0.5, 0.6) is 0 Å². The molecular weight excluding hydrogens is 353 g/mol. The van der Waals surface area contributed by atoms with Crippen molar-refractivity contribution in [3.8, 4) is 0 Å². The fourth-order valence-electron chi connectivity index (χ4n) is 2.33. The molecule has 0 saturated heterocycles. The third-order valence-electron chi connectivity index (χ3n) is 3.62. The molecule has 1 aromatic heterocycles. The molecule has 6 nitrogen and oxygen atoms in total. The molecule has 2 amide bonds. The van der Waals surface area contributed by atoms with Crippen LogP contribution >= 0.6 is 23.2 Å². The molecule has 126 valence electrons. The Morgan fingerprint density at radius 3 is 2.67 bits per heavy atom. The van der Waals surface area contributed by atoms with Crippen LogP contribution in [0.25, 0.3) is 0 Å². The Morgan fingerprint density at radius 2 is 2.08 bits per heavy atom. The first-order valence-corrected chi connectivity index (χ1v) is 8.19. The molecule has 0 radical (unpaired) electrons. The Labute approximate surface area is 148 Å². The molecule has 8 heteroatoms. The number of hydrogen-bond donors (Lipinski definition) is 1. The molecule has 0 atom stereocenters. The molecule has 0 unspecified atom stereocenters. The normalized spacial score (nSPS) is 13.6. The number of carbonyl (C=O) groups is 2. The second-order valence-corrected chi connectivity index (χ2v) is 6.50. The van der Waals surface area contributed by atoms with E-state index in [1.54, 1.807) is 25.1 Å². The third kappa shape index (κ3) is 3.88. The van der Waals surface area contributed by atoms with Crippen molar-refractivity contribution in [1.29, 1.82) is 0 Å². The lowest BCUT2D eigenvalue weighted by Crippen LogP contribution is -2.39. The smallest absolute Gasteiger partial charge is 0.256 e. The SMILES string of the molecule is Cc1cc(NC(=O)CN(C(=O)c2ccc(Cl)cc2Cl)C2CC2)no1. The molecule has 1 saturated carbocycles. The number of aryl methyl sites for hydroxylation is 1. The number of halogens is 2. The number of carbonyl (C=O) groups excluding carboxylic acids is 2. The van der Waals surface area contributed by atoms with Crippen molar-refractivity contribution in [2.45, 2.75) is 25.8 Å². The maximum Gasteiger partial charge on any atom is 0.256 e. The summed E-state index contributed by atoms with van der Waals surface area (Å²) in [6.45, 7) is 1.65. The Balaban J connectivity index is 1.72. The Kier molecular flexibility index (Phi) is 4.78. The van der Waals surface area contributed by atoms with E-state index in [1.807, 2.05) is 0 Å². The van der Waals surface area contributed by atoms with Gasteiger partial charge in [0.15, 0.2) is 5.82 Å². The number of amides is 2. The van der Waals surface area contributed by atoms with Gasteiger partial charge in [-0.2, -0.15) is 0 Å². The molecule has 0 aliphatic heterocycles. The van der Waals surface area contributed by atoms with Crippen molar-refractivity contribution >= 4 is 40.8 Å². The zero-order valence-electron chi connectivity index (χ0n) is 12.9. The van der Waals surface area contributed by atoms with E-state index in [2.05, 4.69) is 10.5 Å². The lowest BCUT2D eigenvalue weighted by Gasteiger charge is -2.22. The Hall–Kier alpha value is -2.05. The maximum absolute atomic E-state index is 12.7.